The summed E-state index contributed by atoms with van der Waals surface area (Å²) in [6.07, 6.45) is -0.410. The van der Waals surface area contributed by atoms with Gasteiger partial charge >= 0.3 is 5.97 Å². The highest BCUT2D eigenvalue weighted by molar-refractivity contribution is 5.98. The number of rotatable bonds is 5. The van der Waals surface area contributed by atoms with Gasteiger partial charge in [0, 0.05) is 5.56 Å². The van der Waals surface area contributed by atoms with Crippen LogP contribution in [0.4, 0.5) is 0 Å². The number of nitrogens with one attached hydrogen (secondary N) is 1. The van der Waals surface area contributed by atoms with Crippen LogP contribution in [0.1, 0.15) is 29.3 Å². The lowest BCUT2D eigenvalue weighted by molar-refractivity contribution is -0.139. The van der Waals surface area contributed by atoms with Crippen LogP contribution in [-0.2, 0) is 9.59 Å². The topological polar surface area (TPSA) is 83.5 Å². The van der Waals surface area contributed by atoms with Gasteiger partial charge in [-0.1, -0.05) is 17.7 Å². The van der Waals surface area contributed by atoms with Gasteiger partial charge in [0.2, 0.25) is 0 Å². The first-order valence-electron chi connectivity index (χ1n) is 5.50. The number of aryl methyl sites for hydroxylation is 1. The molecule has 0 bridgehead atoms. The lowest BCUT2D eigenvalue weighted by Crippen LogP contribution is -2.41. The lowest BCUT2D eigenvalue weighted by atomic mass is 10.1. The van der Waals surface area contributed by atoms with Crippen LogP contribution in [-0.4, -0.2) is 28.8 Å². The molecule has 5 heteroatoms. The molecule has 1 aromatic rings. The number of amides is 1. The summed E-state index contributed by atoms with van der Waals surface area (Å²) in [5, 5.41) is 11.1. The number of carbonyl (C=O) groups excluding carboxylic acids is 2. The highest BCUT2D eigenvalue weighted by atomic mass is 16.4. The predicted molar refractivity (Wildman–Crippen MR) is 65.4 cm³/mol. The number of benzene rings is 1. The fourth-order valence-electron chi connectivity index (χ4n) is 1.42. The van der Waals surface area contributed by atoms with Gasteiger partial charge in [0.05, 0.1) is 12.5 Å². The second-order valence-corrected chi connectivity index (χ2v) is 4.10. The van der Waals surface area contributed by atoms with Crippen molar-refractivity contribution >= 4 is 17.7 Å². The maximum absolute atomic E-state index is 11.8. The van der Waals surface area contributed by atoms with E-state index in [1.54, 1.807) is 24.3 Å². The van der Waals surface area contributed by atoms with Crippen LogP contribution in [0.3, 0.4) is 0 Å². The molecule has 0 saturated carbocycles. The van der Waals surface area contributed by atoms with E-state index in [4.69, 9.17) is 5.11 Å². The molecule has 1 rings (SSSR count). The number of hydrogen-bond donors (Lipinski definition) is 2. The van der Waals surface area contributed by atoms with Crippen LogP contribution in [0.25, 0.3) is 0 Å². The molecule has 0 radical (unpaired) electrons. The lowest BCUT2D eigenvalue weighted by Gasteiger charge is -2.13. The second kappa shape index (κ2) is 5.95. The van der Waals surface area contributed by atoms with Crippen LogP contribution >= 0.6 is 0 Å². The number of carboxylic acid groups (broad SMARTS) is 1. The normalized spacial score (nSPS) is 11.7. The van der Waals surface area contributed by atoms with E-state index in [0.29, 0.717) is 5.56 Å². The molecule has 0 fully saturated rings. The summed E-state index contributed by atoms with van der Waals surface area (Å²) in [6, 6.07) is 5.81. The molecule has 2 N–H and O–H groups in total. The minimum atomic E-state index is -1.13. The molecule has 18 heavy (non-hydrogen) atoms. The number of carboxylic acids is 1. The Morgan fingerprint density at radius 3 is 2.22 bits per heavy atom. The molecule has 0 aliphatic carbocycles. The van der Waals surface area contributed by atoms with Crippen LogP contribution < -0.4 is 5.32 Å². The van der Waals surface area contributed by atoms with Gasteiger partial charge in [-0.15, -0.1) is 0 Å². The van der Waals surface area contributed by atoms with Gasteiger partial charge in [-0.3, -0.25) is 14.4 Å². The summed E-state index contributed by atoms with van der Waals surface area (Å²) in [6.45, 7) is 3.15. The molecular weight excluding hydrogens is 234 g/mol. The van der Waals surface area contributed by atoms with Gasteiger partial charge in [0.25, 0.3) is 5.91 Å². The Labute approximate surface area is 105 Å². The Balaban J connectivity index is 2.75. The molecule has 0 aromatic heterocycles. The average Bonchev–Trinajstić information content (AvgIpc) is 2.28. The van der Waals surface area contributed by atoms with Crippen molar-refractivity contribution in [2.24, 2.45) is 0 Å². The first kappa shape index (κ1) is 13.9. The third-order valence-electron chi connectivity index (χ3n) is 2.49. The largest absolute Gasteiger partial charge is 0.481 e. The summed E-state index contributed by atoms with van der Waals surface area (Å²) in [5.41, 5.74) is 1.41. The van der Waals surface area contributed by atoms with E-state index >= 15 is 0 Å². The molecule has 1 aromatic carbocycles. The molecule has 0 spiro atoms. The second-order valence-electron chi connectivity index (χ2n) is 4.10. The van der Waals surface area contributed by atoms with E-state index in [1.807, 2.05) is 6.92 Å². The number of carbonyl (C=O) groups is 3. The summed E-state index contributed by atoms with van der Waals surface area (Å²) in [4.78, 5) is 33.6. The minimum absolute atomic E-state index is 0.377. The van der Waals surface area contributed by atoms with Crippen molar-refractivity contribution in [2.75, 3.05) is 0 Å². The SMILES string of the molecule is CC(=O)C(CC(=O)O)NC(=O)c1ccc(C)cc1. The van der Waals surface area contributed by atoms with Crippen LogP contribution in [0.2, 0.25) is 0 Å². The summed E-state index contributed by atoms with van der Waals surface area (Å²) in [7, 11) is 0. The maximum atomic E-state index is 11.8. The zero-order chi connectivity index (χ0) is 13.7. The summed E-state index contributed by atoms with van der Waals surface area (Å²) < 4.78 is 0. The third kappa shape index (κ3) is 4.01. The Morgan fingerprint density at radius 2 is 1.78 bits per heavy atom. The van der Waals surface area contributed by atoms with E-state index in [-0.39, 0.29) is 5.78 Å². The van der Waals surface area contributed by atoms with E-state index in [1.165, 1.54) is 6.92 Å². The number of ketones is 1. The molecular formula is C13H15NO4. The molecule has 0 heterocycles. The fourth-order valence-corrected chi connectivity index (χ4v) is 1.42. The molecule has 96 valence electrons. The van der Waals surface area contributed by atoms with Crippen molar-refractivity contribution in [1.82, 2.24) is 5.32 Å². The van der Waals surface area contributed by atoms with Gasteiger partial charge in [0.15, 0.2) is 5.78 Å². The Morgan fingerprint density at radius 1 is 1.22 bits per heavy atom. The monoisotopic (exact) mass is 249 g/mol. The number of hydrogen-bond acceptors (Lipinski definition) is 3. The highest BCUT2D eigenvalue weighted by Gasteiger charge is 2.20. The molecule has 0 saturated heterocycles. The van der Waals surface area contributed by atoms with E-state index < -0.39 is 24.3 Å². The van der Waals surface area contributed by atoms with Crippen molar-refractivity contribution in [2.45, 2.75) is 26.3 Å². The number of aliphatic carboxylic acids is 1. The highest BCUT2D eigenvalue weighted by Crippen LogP contribution is 2.04. The van der Waals surface area contributed by atoms with Crippen molar-refractivity contribution in [1.29, 1.82) is 0 Å². The van der Waals surface area contributed by atoms with E-state index in [0.717, 1.165) is 5.56 Å². The van der Waals surface area contributed by atoms with Crippen LogP contribution in [0, 0.1) is 6.92 Å². The molecule has 1 amide bonds. The zero-order valence-corrected chi connectivity index (χ0v) is 10.3. The van der Waals surface area contributed by atoms with Crippen molar-refractivity contribution in [3.05, 3.63) is 35.4 Å². The smallest absolute Gasteiger partial charge is 0.305 e. The Kier molecular flexibility index (Phi) is 4.59. The molecule has 0 aliphatic heterocycles. The van der Waals surface area contributed by atoms with Crippen molar-refractivity contribution in [3.63, 3.8) is 0 Å². The van der Waals surface area contributed by atoms with Gasteiger partial charge in [-0.05, 0) is 26.0 Å². The first-order valence-corrected chi connectivity index (χ1v) is 5.50. The Bertz CT molecular complexity index is 464. The average molecular weight is 249 g/mol. The van der Waals surface area contributed by atoms with Gasteiger partial charge < -0.3 is 10.4 Å². The standard InChI is InChI=1S/C13H15NO4/c1-8-3-5-10(6-4-8)13(18)14-11(9(2)15)7-12(16)17/h3-6,11H,7H2,1-2H3,(H,14,18)(H,16,17). The minimum Gasteiger partial charge on any atom is -0.481 e. The number of Topliss-reactive ketones (excluding diaryl/α,β-unsaturated/α-hetero) is 1. The third-order valence-corrected chi connectivity index (χ3v) is 2.49. The van der Waals surface area contributed by atoms with Crippen LogP contribution in [0.15, 0.2) is 24.3 Å². The Hall–Kier alpha value is -2.17. The fraction of sp³-hybridized carbons (Fsp3) is 0.308. The first-order chi connectivity index (χ1) is 8.40. The molecule has 5 nitrogen and oxygen atoms in total. The van der Waals surface area contributed by atoms with Gasteiger partial charge in [0.1, 0.15) is 0 Å². The van der Waals surface area contributed by atoms with E-state index in [2.05, 4.69) is 5.32 Å². The van der Waals surface area contributed by atoms with Crippen molar-refractivity contribution in [3.8, 4) is 0 Å². The van der Waals surface area contributed by atoms with Gasteiger partial charge in [-0.2, -0.15) is 0 Å². The predicted octanol–water partition coefficient (Wildman–Crippen LogP) is 1.16. The molecule has 0 aliphatic rings. The quantitative estimate of drug-likeness (QED) is 0.820. The van der Waals surface area contributed by atoms with E-state index in [9.17, 15) is 14.4 Å². The molecule has 1 unspecified atom stereocenters. The maximum Gasteiger partial charge on any atom is 0.305 e. The van der Waals surface area contributed by atoms with Crippen LogP contribution in [0.5, 0.6) is 0 Å². The molecule has 1 atom stereocenters. The summed E-state index contributed by atoms with van der Waals surface area (Å²) >= 11 is 0. The zero-order valence-electron chi connectivity index (χ0n) is 10.3. The summed E-state index contributed by atoms with van der Waals surface area (Å²) in [5.74, 6) is -1.95. The van der Waals surface area contributed by atoms with Gasteiger partial charge in [-0.25, -0.2) is 0 Å². The van der Waals surface area contributed by atoms with Crippen molar-refractivity contribution < 1.29 is 19.5 Å².